The minimum Gasteiger partial charge on any atom is -0.308 e. The molecule has 0 aliphatic carbocycles. The first-order chi connectivity index (χ1) is 22.8. The molecule has 0 saturated heterocycles. The number of rotatable bonds is 3. The van der Waals surface area contributed by atoms with E-state index >= 15 is 0 Å². The van der Waals surface area contributed by atoms with Crippen molar-refractivity contribution in [3.8, 4) is 39.1 Å². The Morgan fingerprint density at radius 3 is 2.00 bits per heavy atom. The normalized spacial score (nSPS) is 12.3. The number of nitrogens with zero attached hydrogens (tertiary/aromatic N) is 1. The second kappa shape index (κ2) is 9.97. The molecule has 0 fully saturated rings. The molecule has 1 aromatic heterocycles. The number of aromatic nitrogens is 1. The van der Waals surface area contributed by atoms with Crippen LogP contribution in [-0.2, 0) is 0 Å². The van der Waals surface area contributed by atoms with Gasteiger partial charge in [-0.1, -0.05) is 139 Å². The highest BCUT2D eigenvalue weighted by molar-refractivity contribution is 7.99. The van der Waals surface area contributed by atoms with Gasteiger partial charge in [-0.15, -0.1) is 0 Å². The zero-order chi connectivity index (χ0) is 30.2. The van der Waals surface area contributed by atoms with Crippen LogP contribution < -0.4 is 0 Å². The zero-order valence-corrected chi connectivity index (χ0v) is 25.8. The highest BCUT2D eigenvalue weighted by Crippen LogP contribution is 2.49. The molecule has 46 heavy (non-hydrogen) atoms. The molecule has 1 aliphatic rings. The van der Waals surface area contributed by atoms with Crippen LogP contribution in [-0.4, -0.2) is 4.57 Å². The van der Waals surface area contributed by atoms with E-state index in [-0.39, 0.29) is 0 Å². The van der Waals surface area contributed by atoms with Gasteiger partial charge in [0.25, 0.3) is 0 Å². The first-order valence-corrected chi connectivity index (χ1v) is 16.6. The van der Waals surface area contributed by atoms with Crippen molar-refractivity contribution in [2.24, 2.45) is 0 Å². The molecule has 0 N–H and O–H groups in total. The van der Waals surface area contributed by atoms with Gasteiger partial charge < -0.3 is 4.57 Å². The molecule has 1 aliphatic heterocycles. The Morgan fingerprint density at radius 2 is 1.07 bits per heavy atom. The molecule has 0 spiro atoms. The third-order valence-corrected chi connectivity index (χ3v) is 10.7. The van der Waals surface area contributed by atoms with Gasteiger partial charge >= 0.3 is 0 Å². The average Bonchev–Trinajstić information content (AvgIpc) is 3.47. The fraction of sp³-hybridized carbons (Fsp3) is 0. The van der Waals surface area contributed by atoms with Crippen LogP contribution in [0.4, 0.5) is 0 Å². The summed E-state index contributed by atoms with van der Waals surface area (Å²) in [5.74, 6) is 0. The fourth-order valence-electron chi connectivity index (χ4n) is 7.50. The molecule has 9 aromatic rings. The molecule has 10 rings (SSSR count). The molecule has 0 atom stereocenters. The van der Waals surface area contributed by atoms with Crippen molar-refractivity contribution < 1.29 is 0 Å². The lowest BCUT2D eigenvalue weighted by Crippen LogP contribution is -1.96. The Kier molecular flexibility index (Phi) is 5.58. The highest BCUT2D eigenvalue weighted by atomic mass is 32.2. The lowest BCUT2D eigenvalue weighted by atomic mass is 9.93. The third-order valence-electron chi connectivity index (χ3n) is 9.55. The second-order valence-corrected chi connectivity index (χ2v) is 13.2. The summed E-state index contributed by atoms with van der Waals surface area (Å²) in [5, 5.41) is 7.73. The van der Waals surface area contributed by atoms with Gasteiger partial charge in [-0.2, -0.15) is 0 Å². The van der Waals surface area contributed by atoms with Crippen molar-refractivity contribution in [3.63, 3.8) is 0 Å². The van der Waals surface area contributed by atoms with Crippen LogP contribution in [0.2, 0.25) is 0 Å². The molecule has 0 bridgehead atoms. The number of fused-ring (bicyclic) bond motifs is 7. The molecule has 1 nitrogen and oxygen atoms in total. The van der Waals surface area contributed by atoms with E-state index in [0.717, 1.165) is 0 Å². The lowest BCUT2D eigenvalue weighted by molar-refractivity contribution is 1.19. The predicted octanol–water partition coefficient (Wildman–Crippen LogP) is 12.6. The summed E-state index contributed by atoms with van der Waals surface area (Å²) in [4.78, 5) is 2.65. The van der Waals surface area contributed by atoms with Crippen LogP contribution in [0.1, 0.15) is 0 Å². The van der Waals surface area contributed by atoms with Crippen molar-refractivity contribution >= 4 is 55.1 Å². The molecule has 0 saturated carbocycles. The number of benzene rings is 8. The number of hydrogen-bond acceptors (Lipinski definition) is 1. The minimum atomic E-state index is 1.17. The second-order valence-electron chi connectivity index (χ2n) is 12.1. The first-order valence-electron chi connectivity index (χ1n) is 15.8. The van der Waals surface area contributed by atoms with Gasteiger partial charge in [0.05, 0.1) is 11.0 Å². The van der Waals surface area contributed by atoms with Crippen molar-refractivity contribution in [1.82, 2.24) is 4.57 Å². The van der Waals surface area contributed by atoms with E-state index < -0.39 is 0 Å². The number of para-hydroxylation sites is 2. The molecule has 2 heteroatoms. The van der Waals surface area contributed by atoms with Gasteiger partial charge in [0, 0.05) is 42.6 Å². The van der Waals surface area contributed by atoms with Gasteiger partial charge in [-0.25, -0.2) is 0 Å². The van der Waals surface area contributed by atoms with E-state index in [2.05, 4.69) is 168 Å². The van der Waals surface area contributed by atoms with Gasteiger partial charge in [0.1, 0.15) is 0 Å². The molecule has 214 valence electrons. The van der Waals surface area contributed by atoms with Crippen LogP contribution in [0.5, 0.6) is 0 Å². The molecular formula is C44H27NS. The smallest absolute Gasteiger partial charge is 0.0619 e. The largest absolute Gasteiger partial charge is 0.308 e. The Labute approximate surface area is 271 Å². The maximum absolute atomic E-state index is 2.48. The Hall–Kier alpha value is -5.57. The Morgan fingerprint density at radius 1 is 0.370 bits per heavy atom. The Balaban J connectivity index is 1.20. The zero-order valence-electron chi connectivity index (χ0n) is 24.9. The molecule has 0 radical (unpaired) electrons. The molecule has 2 heterocycles. The summed E-state index contributed by atoms with van der Waals surface area (Å²) in [6.07, 6.45) is 0. The van der Waals surface area contributed by atoms with E-state index in [0.29, 0.717) is 0 Å². The van der Waals surface area contributed by atoms with Crippen LogP contribution in [0.3, 0.4) is 0 Å². The van der Waals surface area contributed by atoms with Gasteiger partial charge in [-0.05, 0) is 75.0 Å². The van der Waals surface area contributed by atoms with Crippen LogP contribution >= 0.6 is 11.8 Å². The molecule has 0 unspecified atom stereocenters. The van der Waals surface area contributed by atoms with E-state index in [1.54, 1.807) is 0 Å². The third kappa shape index (κ3) is 3.77. The Bertz CT molecular complexity index is 2660. The maximum Gasteiger partial charge on any atom is 0.0619 e. The van der Waals surface area contributed by atoms with Crippen molar-refractivity contribution in [2.45, 2.75) is 9.79 Å². The van der Waals surface area contributed by atoms with Crippen LogP contribution in [0.15, 0.2) is 174 Å². The number of hydrogen-bond donors (Lipinski definition) is 0. The van der Waals surface area contributed by atoms with Crippen molar-refractivity contribution in [2.75, 3.05) is 0 Å². The summed E-state index contributed by atoms with van der Waals surface area (Å²) >= 11 is 1.88. The topological polar surface area (TPSA) is 4.93 Å². The quantitative estimate of drug-likeness (QED) is 0.195. The SMILES string of the molecule is c1ccc(-n2c3c(-c4cccc(-c5ccc6c(c5)-c5cccc7cccc(c57)S6)c4)cccc3c3ccc4ccccc4c32)cc1. The molecular weight excluding hydrogens is 575 g/mol. The highest BCUT2D eigenvalue weighted by Gasteiger charge is 2.21. The summed E-state index contributed by atoms with van der Waals surface area (Å²) in [6, 6.07) is 60.2. The molecule has 8 aromatic carbocycles. The fourth-order valence-corrected chi connectivity index (χ4v) is 8.63. The summed E-state index contributed by atoms with van der Waals surface area (Å²) in [5.41, 5.74) is 11.2. The monoisotopic (exact) mass is 601 g/mol. The molecule has 0 amide bonds. The summed E-state index contributed by atoms with van der Waals surface area (Å²) < 4.78 is 2.48. The first kappa shape index (κ1) is 25.7. The lowest BCUT2D eigenvalue weighted by Gasteiger charge is -2.21. The van der Waals surface area contributed by atoms with Gasteiger partial charge in [-0.3, -0.25) is 0 Å². The van der Waals surface area contributed by atoms with Crippen LogP contribution in [0, 0.1) is 0 Å². The summed E-state index contributed by atoms with van der Waals surface area (Å²) in [7, 11) is 0. The predicted molar refractivity (Wildman–Crippen MR) is 196 cm³/mol. The van der Waals surface area contributed by atoms with Crippen molar-refractivity contribution in [1.29, 1.82) is 0 Å². The van der Waals surface area contributed by atoms with Gasteiger partial charge in [0.2, 0.25) is 0 Å². The average molecular weight is 602 g/mol. The van der Waals surface area contributed by atoms with E-state index in [1.807, 2.05) is 11.8 Å². The summed E-state index contributed by atoms with van der Waals surface area (Å²) in [6.45, 7) is 0. The van der Waals surface area contributed by atoms with E-state index in [1.165, 1.54) is 92.2 Å². The maximum atomic E-state index is 2.48. The van der Waals surface area contributed by atoms with Crippen LogP contribution in [0.25, 0.3) is 82.4 Å². The standard InChI is InChI=1S/C44H27NS/c1-2-15-33(16-3-1)45-43-34-17-5-4-10-28(34)22-24-38(43)37-20-9-18-35(44(37)45)32-14-6-13-30(26-32)31-23-25-40-39(27-31)36-19-7-11-29-12-8-21-41(46-40)42(29)36/h1-27H. The van der Waals surface area contributed by atoms with Gasteiger partial charge in [0.15, 0.2) is 0 Å². The van der Waals surface area contributed by atoms with Crippen molar-refractivity contribution in [3.05, 3.63) is 164 Å². The van der Waals surface area contributed by atoms with E-state index in [4.69, 9.17) is 0 Å². The van der Waals surface area contributed by atoms with E-state index in [9.17, 15) is 0 Å². The minimum absolute atomic E-state index is 1.17.